The Bertz CT molecular complexity index is 1610. The molecular weight excluding hydrogens is 606 g/mol. The van der Waals surface area contributed by atoms with Crippen molar-refractivity contribution in [2.75, 3.05) is 17.2 Å². The summed E-state index contributed by atoms with van der Waals surface area (Å²) in [5, 5.41) is 8.81. The first-order valence-electron chi connectivity index (χ1n) is 14.8. The Morgan fingerprint density at radius 1 is 0.844 bits per heavy atom. The Morgan fingerprint density at radius 3 is 2.27 bits per heavy atom. The van der Waals surface area contributed by atoms with E-state index in [1.165, 1.54) is 11.8 Å². The third-order valence-corrected chi connectivity index (χ3v) is 8.24. The van der Waals surface area contributed by atoms with Crippen LogP contribution in [0.3, 0.4) is 0 Å². The number of hydrogen-bond donors (Lipinski definition) is 3. The van der Waals surface area contributed by atoms with Crippen molar-refractivity contribution >= 4 is 58.5 Å². The second kappa shape index (κ2) is 17.1. The fraction of sp³-hybridized carbons (Fsp3) is 0.194. The van der Waals surface area contributed by atoms with Crippen LogP contribution in [0.25, 0.3) is 6.08 Å². The van der Waals surface area contributed by atoms with Crippen LogP contribution >= 0.6 is 23.4 Å². The van der Waals surface area contributed by atoms with Gasteiger partial charge in [0.05, 0.1) is 11.9 Å². The van der Waals surface area contributed by atoms with E-state index < -0.39 is 11.8 Å². The van der Waals surface area contributed by atoms with Crippen LogP contribution in [-0.4, -0.2) is 29.6 Å². The van der Waals surface area contributed by atoms with E-state index >= 15 is 0 Å². The van der Waals surface area contributed by atoms with Crippen LogP contribution in [0.15, 0.2) is 114 Å². The molecule has 4 aromatic rings. The Balaban J connectivity index is 1.43. The van der Waals surface area contributed by atoms with Gasteiger partial charge in [0.15, 0.2) is 0 Å². The molecule has 4 aromatic carbocycles. The van der Waals surface area contributed by atoms with Crippen LogP contribution in [-0.2, 0) is 9.59 Å². The van der Waals surface area contributed by atoms with Crippen molar-refractivity contribution in [1.29, 1.82) is 0 Å². The van der Waals surface area contributed by atoms with E-state index in [2.05, 4.69) is 22.9 Å². The van der Waals surface area contributed by atoms with Crippen LogP contribution in [0, 0.1) is 0 Å². The van der Waals surface area contributed by atoms with E-state index in [1.54, 1.807) is 66.7 Å². The van der Waals surface area contributed by atoms with E-state index in [1.807, 2.05) is 49.4 Å². The molecular formula is C36H36ClN3O4S. The molecule has 1 unspecified atom stereocenters. The van der Waals surface area contributed by atoms with Gasteiger partial charge in [-0.2, -0.15) is 0 Å². The molecule has 45 heavy (non-hydrogen) atoms. The van der Waals surface area contributed by atoms with Crippen LogP contribution in [0.1, 0.15) is 49.0 Å². The lowest BCUT2D eigenvalue weighted by molar-refractivity contribution is -0.116. The number of nitrogens with one attached hydrogen (secondary N) is 3. The highest BCUT2D eigenvalue weighted by Crippen LogP contribution is 2.29. The molecule has 7 nitrogen and oxygen atoms in total. The number of rotatable bonds is 14. The number of thioether (sulfide) groups is 1. The highest BCUT2D eigenvalue weighted by molar-refractivity contribution is 8.00. The monoisotopic (exact) mass is 641 g/mol. The summed E-state index contributed by atoms with van der Waals surface area (Å²) in [4.78, 5) is 40.3. The summed E-state index contributed by atoms with van der Waals surface area (Å²) in [5.41, 5.74) is 2.40. The van der Waals surface area contributed by atoms with Crippen LogP contribution in [0.4, 0.5) is 11.4 Å². The van der Waals surface area contributed by atoms with Gasteiger partial charge in [-0.3, -0.25) is 14.4 Å². The molecule has 0 aliphatic heterocycles. The van der Waals surface area contributed by atoms with E-state index in [4.69, 9.17) is 16.3 Å². The van der Waals surface area contributed by atoms with E-state index in [-0.39, 0.29) is 16.9 Å². The molecule has 4 rings (SSSR count). The molecule has 0 fully saturated rings. The number of hydrogen-bond acceptors (Lipinski definition) is 5. The smallest absolute Gasteiger partial charge is 0.272 e. The second-order valence-corrected chi connectivity index (χ2v) is 11.9. The number of carbonyl (C=O) groups excluding carboxylic acids is 3. The highest BCUT2D eigenvalue weighted by Gasteiger charge is 2.19. The van der Waals surface area contributed by atoms with Gasteiger partial charge in [-0.15, -0.1) is 11.8 Å². The number of carbonyl (C=O) groups is 3. The number of amides is 3. The molecule has 0 aliphatic carbocycles. The fourth-order valence-electron chi connectivity index (χ4n) is 4.19. The molecule has 9 heteroatoms. The zero-order valence-electron chi connectivity index (χ0n) is 25.2. The molecule has 1 atom stereocenters. The van der Waals surface area contributed by atoms with Crippen molar-refractivity contribution in [1.82, 2.24) is 5.32 Å². The second-order valence-electron chi connectivity index (χ2n) is 10.1. The van der Waals surface area contributed by atoms with E-state index in [9.17, 15) is 14.4 Å². The molecule has 0 heterocycles. The minimum Gasteiger partial charge on any atom is -0.494 e. The maximum absolute atomic E-state index is 13.4. The molecule has 3 amide bonds. The van der Waals surface area contributed by atoms with Crippen molar-refractivity contribution in [2.24, 2.45) is 0 Å². The number of unbranched alkanes of at least 4 members (excludes halogenated alkanes) is 1. The Labute approximate surface area is 273 Å². The molecule has 3 N–H and O–H groups in total. The SMILES string of the molecule is CCCCOc1ccc(NC(=O)C(CC)Sc2cccc(NC(=O)/C(=C/c3ccc(Cl)cc3)NC(=O)c3ccccc3)c2)cc1. The van der Waals surface area contributed by atoms with Crippen molar-refractivity contribution in [3.8, 4) is 5.75 Å². The van der Waals surface area contributed by atoms with Crippen molar-refractivity contribution < 1.29 is 19.1 Å². The summed E-state index contributed by atoms with van der Waals surface area (Å²) in [7, 11) is 0. The van der Waals surface area contributed by atoms with Gasteiger partial charge in [0.2, 0.25) is 5.91 Å². The lowest BCUT2D eigenvalue weighted by atomic mass is 10.1. The summed E-state index contributed by atoms with van der Waals surface area (Å²) in [6, 6.07) is 30.2. The Hall–Kier alpha value is -4.53. The van der Waals surface area contributed by atoms with Crippen LogP contribution in [0.5, 0.6) is 5.75 Å². The van der Waals surface area contributed by atoms with Gasteiger partial charge in [-0.05, 0) is 91.2 Å². The third kappa shape index (κ3) is 10.6. The van der Waals surface area contributed by atoms with Gasteiger partial charge < -0.3 is 20.7 Å². The summed E-state index contributed by atoms with van der Waals surface area (Å²) >= 11 is 7.44. The minimum absolute atomic E-state index is 0.0665. The minimum atomic E-state index is -0.497. The molecule has 0 aliphatic rings. The highest BCUT2D eigenvalue weighted by atomic mass is 35.5. The largest absolute Gasteiger partial charge is 0.494 e. The number of halogens is 1. The number of anilines is 2. The number of benzene rings is 4. The van der Waals surface area contributed by atoms with Crippen molar-refractivity contribution in [2.45, 2.75) is 43.3 Å². The van der Waals surface area contributed by atoms with E-state index in [0.29, 0.717) is 40.6 Å². The van der Waals surface area contributed by atoms with Gasteiger partial charge in [-0.25, -0.2) is 0 Å². The lowest BCUT2D eigenvalue weighted by Crippen LogP contribution is -2.30. The maximum atomic E-state index is 13.4. The zero-order chi connectivity index (χ0) is 32.0. The Morgan fingerprint density at radius 2 is 1.58 bits per heavy atom. The molecule has 0 aromatic heterocycles. The predicted molar refractivity (Wildman–Crippen MR) is 184 cm³/mol. The van der Waals surface area contributed by atoms with Crippen molar-refractivity contribution in [3.63, 3.8) is 0 Å². The van der Waals surface area contributed by atoms with Gasteiger partial charge in [0, 0.05) is 26.9 Å². The average molecular weight is 642 g/mol. The van der Waals surface area contributed by atoms with Crippen LogP contribution in [0.2, 0.25) is 5.02 Å². The molecule has 0 bridgehead atoms. The predicted octanol–water partition coefficient (Wildman–Crippen LogP) is 8.44. The Kier molecular flexibility index (Phi) is 12.7. The quantitative estimate of drug-likeness (QED) is 0.0729. The fourth-order valence-corrected chi connectivity index (χ4v) is 5.33. The van der Waals surface area contributed by atoms with E-state index in [0.717, 1.165) is 23.5 Å². The molecule has 0 radical (unpaired) electrons. The summed E-state index contributed by atoms with van der Waals surface area (Å²) < 4.78 is 5.70. The molecule has 232 valence electrons. The first-order chi connectivity index (χ1) is 21.8. The standard InChI is InChI=1S/C36H36ClN3O4S/c1-3-5-22-44-30-20-18-28(19-21-30)38-36(43)33(4-2)45-31-13-9-12-29(24-31)39-35(42)32(23-25-14-16-27(37)17-15-25)40-34(41)26-10-7-6-8-11-26/h6-21,23-24,33H,3-5,22H2,1-2H3,(H,38,43)(H,39,42)(H,40,41)/b32-23-. The first-order valence-corrected chi connectivity index (χ1v) is 16.1. The lowest BCUT2D eigenvalue weighted by Gasteiger charge is -2.16. The van der Waals surface area contributed by atoms with Gasteiger partial charge in [0.25, 0.3) is 11.8 Å². The topological polar surface area (TPSA) is 96.5 Å². The summed E-state index contributed by atoms with van der Waals surface area (Å²) in [5.74, 6) is -0.255. The van der Waals surface area contributed by atoms with Crippen LogP contribution < -0.4 is 20.7 Å². The van der Waals surface area contributed by atoms with Crippen molar-refractivity contribution in [3.05, 3.63) is 125 Å². The summed E-state index contributed by atoms with van der Waals surface area (Å²) in [6.45, 7) is 4.73. The first kappa shape index (κ1) is 33.4. The molecule has 0 spiro atoms. The number of ether oxygens (including phenoxy) is 1. The molecule has 0 saturated carbocycles. The maximum Gasteiger partial charge on any atom is 0.272 e. The zero-order valence-corrected chi connectivity index (χ0v) is 26.8. The average Bonchev–Trinajstić information content (AvgIpc) is 3.05. The normalized spacial score (nSPS) is 11.8. The van der Waals surface area contributed by atoms with Gasteiger partial charge in [-0.1, -0.05) is 68.3 Å². The summed E-state index contributed by atoms with van der Waals surface area (Å²) in [6.07, 6.45) is 4.25. The molecule has 0 saturated heterocycles. The van der Waals surface area contributed by atoms with Gasteiger partial charge >= 0.3 is 0 Å². The third-order valence-electron chi connectivity index (χ3n) is 6.63. The van der Waals surface area contributed by atoms with Gasteiger partial charge in [0.1, 0.15) is 11.4 Å².